The van der Waals surface area contributed by atoms with Crippen LogP contribution in [0.25, 0.3) is 16.8 Å². The minimum absolute atomic E-state index is 0.205. The molecule has 192 valence electrons. The highest BCUT2D eigenvalue weighted by molar-refractivity contribution is 9.10. The van der Waals surface area contributed by atoms with Crippen LogP contribution in [0.3, 0.4) is 0 Å². The number of amides is 1. The Morgan fingerprint density at radius 3 is 2.58 bits per heavy atom. The summed E-state index contributed by atoms with van der Waals surface area (Å²) in [4.78, 5) is 15.3. The Balaban J connectivity index is 1.42. The first-order valence-electron chi connectivity index (χ1n) is 11.6. The Kier molecular flexibility index (Phi) is 8.45. The maximum absolute atomic E-state index is 13.3. The van der Waals surface area contributed by atoms with Gasteiger partial charge in [0.15, 0.2) is 15.8 Å². The van der Waals surface area contributed by atoms with E-state index in [0.29, 0.717) is 44.6 Å². The predicted octanol–water partition coefficient (Wildman–Crippen LogP) is 9.40. The lowest BCUT2D eigenvalue weighted by Crippen LogP contribution is -2.27. The molecule has 4 aromatic carbocycles. The largest absolute Gasteiger partial charge is 0.490 e. The molecule has 0 N–H and O–H groups in total. The van der Waals surface area contributed by atoms with E-state index in [0.717, 1.165) is 30.8 Å². The van der Waals surface area contributed by atoms with Gasteiger partial charge in [-0.1, -0.05) is 78.0 Å². The van der Waals surface area contributed by atoms with Crippen LogP contribution in [0.1, 0.15) is 18.1 Å². The molecule has 0 atom stereocenters. The number of carbonyl (C=O) groups is 1. The molecule has 1 heterocycles. The summed E-state index contributed by atoms with van der Waals surface area (Å²) in [5.74, 6) is 0.987. The summed E-state index contributed by atoms with van der Waals surface area (Å²) in [6, 6.07) is 23.5. The van der Waals surface area contributed by atoms with Gasteiger partial charge in [-0.15, -0.1) is 0 Å². The van der Waals surface area contributed by atoms with E-state index in [4.69, 9.17) is 33.3 Å². The van der Waals surface area contributed by atoms with Gasteiger partial charge in [-0.2, -0.15) is 0 Å². The summed E-state index contributed by atoms with van der Waals surface area (Å²) in [6.45, 7) is 2.77. The van der Waals surface area contributed by atoms with Crippen LogP contribution >= 0.6 is 67.4 Å². The standard InChI is InChI=1S/C29H20Br2ClNO3S2/c1-2-35-25-13-17(14-26-28(34)33(29(37)38-26)20-10-11-22(30)24(32)15-20)12-23(31)27(25)36-16-19-8-5-7-18-6-3-4-9-21(18)19/h3-15H,2,16H2,1H3/b26-14+. The third-order valence-corrected chi connectivity index (χ3v) is 8.96. The van der Waals surface area contributed by atoms with Crippen molar-refractivity contribution in [2.75, 3.05) is 11.5 Å². The van der Waals surface area contributed by atoms with Gasteiger partial charge in [-0.3, -0.25) is 9.69 Å². The van der Waals surface area contributed by atoms with Crippen molar-refractivity contribution in [3.63, 3.8) is 0 Å². The zero-order valence-electron chi connectivity index (χ0n) is 20.0. The maximum Gasteiger partial charge on any atom is 0.270 e. The number of nitrogens with zero attached hydrogens (tertiary/aromatic N) is 1. The number of hydrogen-bond donors (Lipinski definition) is 0. The fourth-order valence-electron chi connectivity index (χ4n) is 4.11. The van der Waals surface area contributed by atoms with Crippen LogP contribution in [-0.4, -0.2) is 16.8 Å². The van der Waals surface area contributed by atoms with Crippen molar-refractivity contribution < 1.29 is 14.3 Å². The van der Waals surface area contributed by atoms with E-state index < -0.39 is 0 Å². The van der Waals surface area contributed by atoms with Crippen molar-refractivity contribution in [2.24, 2.45) is 0 Å². The number of carbonyl (C=O) groups excluding carboxylic acids is 1. The van der Waals surface area contributed by atoms with E-state index in [1.807, 2.05) is 43.3 Å². The topological polar surface area (TPSA) is 38.8 Å². The first-order chi connectivity index (χ1) is 18.4. The number of rotatable bonds is 7. The molecule has 0 spiro atoms. The van der Waals surface area contributed by atoms with Crippen LogP contribution < -0.4 is 14.4 Å². The lowest BCUT2D eigenvalue weighted by atomic mass is 10.1. The van der Waals surface area contributed by atoms with Crippen molar-refractivity contribution in [3.05, 3.63) is 103 Å². The number of hydrogen-bond acceptors (Lipinski definition) is 5. The number of thiocarbonyl (C=S) groups is 1. The maximum atomic E-state index is 13.3. The number of anilines is 1. The number of thioether (sulfide) groups is 1. The molecule has 1 aliphatic heterocycles. The van der Waals surface area contributed by atoms with E-state index in [1.54, 1.807) is 18.2 Å². The Labute approximate surface area is 252 Å². The molecular formula is C29H20Br2ClNO3S2. The first kappa shape index (κ1) is 27.2. The van der Waals surface area contributed by atoms with Gasteiger partial charge in [0.1, 0.15) is 6.61 Å². The number of fused-ring (bicyclic) bond motifs is 1. The summed E-state index contributed by atoms with van der Waals surface area (Å²) in [7, 11) is 0. The molecule has 0 unspecified atom stereocenters. The second-order valence-corrected chi connectivity index (χ2v) is 12.1. The van der Waals surface area contributed by atoms with Crippen LogP contribution in [0.4, 0.5) is 5.69 Å². The van der Waals surface area contributed by atoms with Crippen molar-refractivity contribution in [1.82, 2.24) is 0 Å². The van der Waals surface area contributed by atoms with Gasteiger partial charge in [-0.25, -0.2) is 0 Å². The molecule has 0 aliphatic carbocycles. The predicted molar refractivity (Wildman–Crippen MR) is 168 cm³/mol. The molecular weight excluding hydrogens is 670 g/mol. The van der Waals surface area contributed by atoms with Gasteiger partial charge in [0, 0.05) is 4.47 Å². The molecule has 5 rings (SSSR count). The van der Waals surface area contributed by atoms with Crippen LogP contribution in [0.2, 0.25) is 5.02 Å². The molecule has 9 heteroatoms. The van der Waals surface area contributed by atoms with Crippen LogP contribution in [-0.2, 0) is 11.4 Å². The average Bonchev–Trinajstić information content (AvgIpc) is 3.17. The van der Waals surface area contributed by atoms with E-state index in [9.17, 15) is 4.79 Å². The zero-order valence-corrected chi connectivity index (χ0v) is 25.6. The van der Waals surface area contributed by atoms with Crippen LogP contribution in [0, 0.1) is 0 Å². The number of ether oxygens (including phenoxy) is 2. The minimum Gasteiger partial charge on any atom is -0.490 e. The zero-order chi connectivity index (χ0) is 26.8. The van der Waals surface area contributed by atoms with Gasteiger partial charge >= 0.3 is 0 Å². The second-order valence-electron chi connectivity index (χ2n) is 8.31. The SMILES string of the molecule is CCOc1cc(/C=C2/SC(=S)N(c3ccc(Br)c(Cl)c3)C2=O)cc(Br)c1OCc1cccc2ccccc12. The van der Waals surface area contributed by atoms with Gasteiger partial charge in [0.25, 0.3) is 5.91 Å². The summed E-state index contributed by atoms with van der Waals surface area (Å²) in [5, 5.41) is 2.82. The molecule has 1 fully saturated rings. The van der Waals surface area contributed by atoms with E-state index in [2.05, 4.69) is 56.1 Å². The molecule has 4 nitrogen and oxygen atoms in total. The smallest absolute Gasteiger partial charge is 0.270 e. The van der Waals surface area contributed by atoms with Crippen molar-refractivity contribution in [3.8, 4) is 11.5 Å². The monoisotopic (exact) mass is 687 g/mol. The summed E-state index contributed by atoms with van der Waals surface area (Å²) < 4.78 is 14.1. The lowest BCUT2D eigenvalue weighted by Gasteiger charge is -2.16. The summed E-state index contributed by atoms with van der Waals surface area (Å²) in [6.07, 6.45) is 1.81. The Morgan fingerprint density at radius 2 is 1.79 bits per heavy atom. The molecule has 0 radical (unpaired) electrons. The quantitative estimate of drug-likeness (QED) is 0.143. The van der Waals surface area contributed by atoms with Crippen LogP contribution in [0.15, 0.2) is 86.6 Å². The molecule has 0 bridgehead atoms. The molecule has 0 saturated carbocycles. The third kappa shape index (κ3) is 5.65. The van der Waals surface area contributed by atoms with E-state index in [1.165, 1.54) is 16.7 Å². The van der Waals surface area contributed by atoms with Crippen molar-refractivity contribution in [2.45, 2.75) is 13.5 Å². The molecule has 0 aromatic heterocycles. The highest BCUT2D eigenvalue weighted by Gasteiger charge is 2.33. The van der Waals surface area contributed by atoms with E-state index in [-0.39, 0.29) is 5.91 Å². The second kappa shape index (κ2) is 11.8. The number of benzene rings is 4. The van der Waals surface area contributed by atoms with E-state index >= 15 is 0 Å². The highest BCUT2D eigenvalue weighted by Crippen LogP contribution is 2.41. The molecule has 4 aromatic rings. The number of halogens is 3. The average molecular weight is 690 g/mol. The molecule has 1 aliphatic rings. The fourth-order valence-corrected chi connectivity index (χ4v) is 6.40. The summed E-state index contributed by atoms with van der Waals surface area (Å²) in [5.41, 5.74) is 2.49. The Morgan fingerprint density at radius 1 is 1.00 bits per heavy atom. The van der Waals surface area contributed by atoms with Gasteiger partial charge in [0.2, 0.25) is 0 Å². The van der Waals surface area contributed by atoms with Gasteiger partial charge in [-0.05, 0) is 97.1 Å². The van der Waals surface area contributed by atoms with Crippen LogP contribution in [0.5, 0.6) is 11.5 Å². The van der Waals surface area contributed by atoms with Gasteiger partial charge in [0.05, 0.1) is 26.7 Å². The normalized spacial score (nSPS) is 14.5. The third-order valence-electron chi connectivity index (χ3n) is 5.84. The lowest BCUT2D eigenvalue weighted by molar-refractivity contribution is -0.113. The van der Waals surface area contributed by atoms with Crippen molar-refractivity contribution >= 4 is 100 Å². The highest BCUT2D eigenvalue weighted by atomic mass is 79.9. The van der Waals surface area contributed by atoms with Gasteiger partial charge < -0.3 is 9.47 Å². The minimum atomic E-state index is -0.205. The first-order valence-corrected chi connectivity index (χ1v) is 14.8. The fraction of sp³-hybridized carbons (Fsp3) is 0.103. The van der Waals surface area contributed by atoms with Crippen molar-refractivity contribution in [1.29, 1.82) is 0 Å². The summed E-state index contributed by atoms with van der Waals surface area (Å²) >= 11 is 20.0. The molecule has 1 amide bonds. The Bertz CT molecular complexity index is 1600. The molecule has 1 saturated heterocycles. The molecule has 38 heavy (non-hydrogen) atoms. The Hall–Kier alpha value is -2.36.